The van der Waals surface area contributed by atoms with E-state index in [1.165, 1.54) is 18.2 Å². The zero-order valence-electron chi connectivity index (χ0n) is 15.8. The summed E-state index contributed by atoms with van der Waals surface area (Å²) in [4.78, 5) is 8.90. The van der Waals surface area contributed by atoms with Crippen LogP contribution in [0.25, 0.3) is 0 Å². The van der Waals surface area contributed by atoms with Crippen molar-refractivity contribution in [2.75, 3.05) is 5.32 Å². The predicted octanol–water partition coefficient (Wildman–Crippen LogP) is 2.97. The number of aryl methyl sites for hydroxylation is 2. The molecular weight excluding hydrogens is 466 g/mol. The molecule has 0 radical (unpaired) electrons. The van der Waals surface area contributed by atoms with E-state index in [1.54, 1.807) is 12.7 Å². The van der Waals surface area contributed by atoms with E-state index in [1.807, 2.05) is 4.57 Å². The lowest BCUT2D eigenvalue weighted by molar-refractivity contribution is -0.192. The summed E-state index contributed by atoms with van der Waals surface area (Å²) < 4.78 is 51.5. The number of anilines is 1. The molecule has 11 nitrogen and oxygen atoms in total. The van der Waals surface area contributed by atoms with Crippen molar-refractivity contribution in [3.8, 4) is 0 Å². The van der Waals surface area contributed by atoms with Gasteiger partial charge in [0.15, 0.2) is 5.69 Å². The fourth-order valence-corrected chi connectivity index (χ4v) is 2.34. The minimum atomic E-state index is -5.08. The van der Waals surface area contributed by atoms with Crippen molar-refractivity contribution >= 4 is 29.1 Å². The Labute approximate surface area is 181 Å². The number of rotatable bonds is 6. The molecule has 0 saturated heterocycles. The number of hydrogen-bond donors (Lipinski definition) is 3. The quantitative estimate of drug-likeness (QED) is 0.159. The number of nitrogens with zero attached hydrogens (tertiary/aromatic N) is 6. The van der Waals surface area contributed by atoms with Gasteiger partial charge in [0.1, 0.15) is 24.2 Å². The molecule has 0 spiro atoms. The van der Waals surface area contributed by atoms with Crippen molar-refractivity contribution in [1.82, 2.24) is 25.1 Å². The number of halogens is 5. The van der Waals surface area contributed by atoms with Gasteiger partial charge in [0.05, 0.1) is 5.02 Å². The van der Waals surface area contributed by atoms with Gasteiger partial charge >= 0.3 is 12.1 Å². The van der Waals surface area contributed by atoms with E-state index in [2.05, 4.69) is 31.0 Å². The Morgan fingerprint density at radius 1 is 1.25 bits per heavy atom. The molecule has 0 aliphatic heterocycles. The maximum atomic E-state index is 13.2. The lowest BCUT2D eigenvalue weighted by atomic mass is 10.2. The van der Waals surface area contributed by atoms with Crippen LogP contribution in [0.5, 0.6) is 0 Å². The van der Waals surface area contributed by atoms with Crippen molar-refractivity contribution in [3.63, 3.8) is 0 Å². The maximum Gasteiger partial charge on any atom is 0.490 e. The minimum absolute atomic E-state index is 0.0169. The smallest absolute Gasteiger partial charge is 0.475 e. The summed E-state index contributed by atoms with van der Waals surface area (Å²) in [6.45, 7) is 0.686. The van der Waals surface area contributed by atoms with Crippen LogP contribution in [0.4, 0.5) is 23.2 Å². The Balaban J connectivity index is 0.000000451. The number of amidine groups is 1. The van der Waals surface area contributed by atoms with Crippen LogP contribution in [0, 0.1) is 5.82 Å². The summed E-state index contributed by atoms with van der Waals surface area (Å²) in [6.07, 6.45) is -0.604. The molecule has 2 heterocycles. The molecule has 0 saturated carbocycles. The molecule has 0 aliphatic rings. The molecule has 3 N–H and O–H groups in total. The van der Waals surface area contributed by atoms with Gasteiger partial charge in [-0.1, -0.05) is 21.9 Å². The van der Waals surface area contributed by atoms with Crippen LogP contribution in [0.2, 0.25) is 5.02 Å². The second-order valence-electron chi connectivity index (χ2n) is 5.87. The van der Waals surface area contributed by atoms with Crippen molar-refractivity contribution < 1.29 is 37.3 Å². The van der Waals surface area contributed by atoms with E-state index in [-0.39, 0.29) is 16.6 Å². The molecule has 0 unspecified atom stereocenters. The normalized spacial score (nSPS) is 11.6. The highest BCUT2D eigenvalue weighted by molar-refractivity contribution is 6.31. The molecule has 3 rings (SSSR count). The Hall–Kier alpha value is -3.75. The van der Waals surface area contributed by atoms with E-state index in [9.17, 15) is 22.8 Å². The molecule has 0 aliphatic carbocycles. The van der Waals surface area contributed by atoms with Crippen molar-refractivity contribution in [3.05, 3.63) is 53.1 Å². The maximum absolute atomic E-state index is 13.2. The van der Waals surface area contributed by atoms with E-state index in [0.29, 0.717) is 24.3 Å². The second kappa shape index (κ2) is 11.0. The number of carboxylic acid groups (broad SMARTS) is 1. The number of aliphatic carboxylic acids is 1. The molecule has 0 bridgehead atoms. The third-order valence-corrected chi connectivity index (χ3v) is 3.89. The number of aromatic nitrogens is 5. The third kappa shape index (κ3) is 7.19. The largest absolute Gasteiger partial charge is 0.490 e. The minimum Gasteiger partial charge on any atom is -0.475 e. The number of nitrogens with one attached hydrogen (secondary N) is 1. The zero-order chi connectivity index (χ0) is 23.7. The van der Waals surface area contributed by atoms with Crippen molar-refractivity contribution in [1.29, 1.82) is 0 Å². The van der Waals surface area contributed by atoms with Crippen LogP contribution < -0.4 is 5.32 Å². The Bertz CT molecular complexity index is 1060. The molecular formula is C16H14ClF4N7O4. The van der Waals surface area contributed by atoms with Gasteiger partial charge in [-0.15, -0.1) is 10.2 Å². The van der Waals surface area contributed by atoms with Gasteiger partial charge in [-0.2, -0.15) is 13.2 Å². The van der Waals surface area contributed by atoms with Crippen LogP contribution in [-0.2, 0) is 17.8 Å². The first kappa shape index (κ1) is 24.5. The summed E-state index contributed by atoms with van der Waals surface area (Å²) in [7, 11) is 0. The van der Waals surface area contributed by atoms with E-state index < -0.39 is 18.0 Å². The average molecular weight is 480 g/mol. The van der Waals surface area contributed by atoms with Gasteiger partial charge in [0.2, 0.25) is 5.84 Å². The average Bonchev–Trinajstić information content (AvgIpc) is 3.41. The van der Waals surface area contributed by atoms with Gasteiger partial charge in [0.25, 0.3) is 0 Å². The summed E-state index contributed by atoms with van der Waals surface area (Å²) in [6, 6.07) is 4.01. The molecule has 16 heteroatoms. The summed E-state index contributed by atoms with van der Waals surface area (Å²) >= 11 is 5.74. The molecule has 0 atom stereocenters. The number of alkyl halides is 3. The highest BCUT2D eigenvalue weighted by atomic mass is 35.5. The van der Waals surface area contributed by atoms with Gasteiger partial charge in [-0.3, -0.25) is 0 Å². The lowest BCUT2D eigenvalue weighted by Gasteiger charge is -2.07. The lowest BCUT2D eigenvalue weighted by Crippen LogP contribution is -2.21. The molecule has 172 valence electrons. The van der Waals surface area contributed by atoms with Gasteiger partial charge < -0.3 is 20.2 Å². The second-order valence-corrected chi connectivity index (χ2v) is 6.28. The fourth-order valence-electron chi connectivity index (χ4n) is 2.16. The molecule has 32 heavy (non-hydrogen) atoms. The molecule has 2 aromatic heterocycles. The third-order valence-electron chi connectivity index (χ3n) is 3.60. The van der Waals surface area contributed by atoms with Crippen molar-refractivity contribution in [2.45, 2.75) is 25.6 Å². The highest BCUT2D eigenvalue weighted by Crippen LogP contribution is 2.20. The van der Waals surface area contributed by atoms with Crippen LogP contribution >= 0.6 is 11.6 Å². The predicted molar refractivity (Wildman–Crippen MR) is 99.7 cm³/mol. The summed E-state index contributed by atoms with van der Waals surface area (Å²) in [5.74, 6) is -3.29. The van der Waals surface area contributed by atoms with Gasteiger partial charge in [-0.25, -0.2) is 13.8 Å². The van der Waals surface area contributed by atoms with E-state index >= 15 is 0 Å². The Kier molecular flexibility index (Phi) is 8.46. The van der Waals surface area contributed by atoms with Gasteiger partial charge in [-0.05, 0) is 36.2 Å². The monoisotopic (exact) mass is 479 g/mol. The number of benzene rings is 1. The molecule has 1 aromatic carbocycles. The fraction of sp³-hybridized carbons (Fsp3) is 0.250. The van der Waals surface area contributed by atoms with E-state index in [4.69, 9.17) is 26.1 Å². The molecule has 0 amide bonds. The topological polar surface area (TPSA) is 152 Å². The number of oxime groups is 1. The summed E-state index contributed by atoms with van der Waals surface area (Å²) in [5.41, 5.74) is 1.20. The standard InChI is InChI=1S/C14H13ClFN7O2.C2HF3O2/c15-10-6-9(3-4-11(10)16)19-14(20-24)13-12(21-25-22-13)2-1-5-23-7-17-18-8-23;3-2(4,5)1(6)7/h3-4,6-8,24H,1-2,5H2,(H,19,20);(H,6,7). The number of hydrogen-bond acceptors (Lipinski definition) is 8. The van der Waals surface area contributed by atoms with Crippen LogP contribution in [0.1, 0.15) is 17.8 Å². The summed E-state index contributed by atoms with van der Waals surface area (Å²) in [5, 5.41) is 37.4. The zero-order valence-corrected chi connectivity index (χ0v) is 16.5. The van der Waals surface area contributed by atoms with Crippen molar-refractivity contribution in [2.24, 2.45) is 5.16 Å². The van der Waals surface area contributed by atoms with Crippen LogP contribution in [0.15, 0.2) is 40.6 Å². The first-order valence-corrected chi connectivity index (χ1v) is 8.88. The first-order chi connectivity index (χ1) is 15.1. The highest BCUT2D eigenvalue weighted by Gasteiger charge is 2.38. The molecule has 3 aromatic rings. The van der Waals surface area contributed by atoms with E-state index in [0.717, 1.165) is 6.42 Å². The van der Waals surface area contributed by atoms with Gasteiger partial charge in [0, 0.05) is 12.2 Å². The Morgan fingerprint density at radius 3 is 2.47 bits per heavy atom. The molecule has 0 fully saturated rings. The van der Waals surface area contributed by atoms with Crippen LogP contribution in [0.3, 0.4) is 0 Å². The first-order valence-electron chi connectivity index (χ1n) is 8.50. The SMILES string of the molecule is O/N=C(/Nc1ccc(F)c(Cl)c1)c1nonc1CCCn1cnnc1.O=C(O)C(F)(F)F. The number of carboxylic acids is 1. The number of carbonyl (C=O) groups is 1. The Morgan fingerprint density at radius 2 is 1.91 bits per heavy atom. The van der Waals surface area contributed by atoms with Crippen LogP contribution in [-0.4, -0.2) is 53.4 Å².